The molecule has 2 heterocycles. The third-order valence-electron chi connectivity index (χ3n) is 8.16. The van der Waals surface area contributed by atoms with Crippen LogP contribution in [0.5, 0.6) is 5.75 Å². The van der Waals surface area contributed by atoms with Crippen LogP contribution in [0.3, 0.4) is 0 Å². The smallest absolute Gasteiger partial charge is 0.341 e. The Labute approximate surface area is 215 Å². The Hall–Kier alpha value is -1.74. The van der Waals surface area contributed by atoms with Gasteiger partial charge in [-0.2, -0.15) is 0 Å². The van der Waals surface area contributed by atoms with Gasteiger partial charge in [0.2, 0.25) is 0 Å². The van der Waals surface area contributed by atoms with E-state index in [4.69, 9.17) is 23.4 Å². The van der Waals surface area contributed by atoms with Crippen LogP contribution >= 0.6 is 0 Å². The first kappa shape index (κ1) is 27.3. The summed E-state index contributed by atoms with van der Waals surface area (Å²) in [5, 5.41) is 0.0898. The third-order valence-corrected chi connectivity index (χ3v) is 12.7. The molecule has 2 fully saturated rings. The first-order valence-electron chi connectivity index (χ1n) is 13.3. The van der Waals surface area contributed by atoms with Gasteiger partial charge in [0.15, 0.2) is 26.2 Å². The zero-order valence-corrected chi connectivity index (χ0v) is 23.5. The lowest BCUT2D eigenvalue weighted by molar-refractivity contribution is -0.197. The number of hydrogen-bond acceptors (Lipinski definition) is 6. The van der Waals surface area contributed by atoms with Crippen molar-refractivity contribution < 1.29 is 32.6 Å². The molecule has 1 aromatic rings. The van der Waals surface area contributed by atoms with Gasteiger partial charge < -0.3 is 23.4 Å². The van der Waals surface area contributed by atoms with Gasteiger partial charge in [0, 0.05) is 37.0 Å². The molecule has 0 radical (unpaired) electrons. The van der Waals surface area contributed by atoms with Crippen LogP contribution in [-0.2, 0) is 18.6 Å². The normalized spacial score (nSPS) is 28.1. The van der Waals surface area contributed by atoms with E-state index in [1.54, 1.807) is 13.0 Å². The zero-order chi connectivity index (χ0) is 26.1. The topological polar surface area (TPSA) is 63.2 Å². The first-order valence-corrected chi connectivity index (χ1v) is 16.2. The Morgan fingerprint density at radius 3 is 2.67 bits per heavy atom. The minimum Gasteiger partial charge on any atom is -0.486 e. The van der Waals surface area contributed by atoms with Crippen molar-refractivity contribution in [3.8, 4) is 5.75 Å². The molecule has 1 aromatic carbocycles. The molecule has 1 aliphatic carbocycles. The number of carbonyl (C=O) groups is 1. The van der Waals surface area contributed by atoms with Gasteiger partial charge in [-0.1, -0.05) is 39.0 Å². The molecule has 1 saturated carbocycles. The van der Waals surface area contributed by atoms with E-state index in [0.29, 0.717) is 25.2 Å². The summed E-state index contributed by atoms with van der Waals surface area (Å²) in [5.41, 5.74) is 0.508. The van der Waals surface area contributed by atoms with E-state index >= 15 is 4.39 Å². The summed E-state index contributed by atoms with van der Waals surface area (Å²) >= 11 is 0. The van der Waals surface area contributed by atoms with Gasteiger partial charge >= 0.3 is 5.97 Å². The number of ether oxygens (including phenoxy) is 4. The van der Waals surface area contributed by atoms with Crippen molar-refractivity contribution in [1.29, 1.82) is 0 Å². The lowest BCUT2D eigenvalue weighted by Gasteiger charge is -2.38. The Balaban J connectivity index is 1.59. The largest absolute Gasteiger partial charge is 0.486 e. The molecule has 2 aliphatic heterocycles. The fourth-order valence-corrected chi connectivity index (χ4v) is 5.98. The van der Waals surface area contributed by atoms with Crippen LogP contribution in [0.25, 0.3) is 6.08 Å². The molecule has 5 atom stereocenters. The van der Waals surface area contributed by atoms with E-state index < -0.39 is 20.1 Å². The molecule has 1 saturated heterocycles. The van der Waals surface area contributed by atoms with Gasteiger partial charge in [-0.15, -0.1) is 0 Å². The van der Waals surface area contributed by atoms with Gasteiger partial charge in [0.05, 0.1) is 18.3 Å². The highest BCUT2D eigenvalue weighted by atomic mass is 28.4. The zero-order valence-electron chi connectivity index (χ0n) is 22.5. The second kappa shape index (κ2) is 10.9. The number of hydrogen-bond donors (Lipinski definition) is 0. The molecule has 0 aromatic heterocycles. The Morgan fingerprint density at radius 1 is 1.22 bits per heavy atom. The minimum atomic E-state index is -1.99. The Morgan fingerprint density at radius 2 is 2.00 bits per heavy atom. The van der Waals surface area contributed by atoms with Gasteiger partial charge in [0.1, 0.15) is 6.10 Å². The predicted octanol–water partition coefficient (Wildman–Crippen LogP) is 6.35. The lowest BCUT2D eigenvalue weighted by Crippen LogP contribution is -2.44. The molecule has 3 aliphatic rings. The average molecular weight is 521 g/mol. The predicted molar refractivity (Wildman–Crippen MR) is 139 cm³/mol. The highest BCUT2D eigenvalue weighted by Gasteiger charge is 2.48. The fourth-order valence-electron chi connectivity index (χ4n) is 4.94. The number of esters is 1. The van der Waals surface area contributed by atoms with Gasteiger partial charge in [0.25, 0.3) is 0 Å². The average Bonchev–Trinajstić information content (AvgIpc) is 3.01. The summed E-state index contributed by atoms with van der Waals surface area (Å²) < 4.78 is 45.8. The Bertz CT molecular complexity index is 966. The van der Waals surface area contributed by atoms with Crippen molar-refractivity contribution in [3.63, 3.8) is 0 Å². The maximum absolute atomic E-state index is 15.4. The van der Waals surface area contributed by atoms with Gasteiger partial charge in [-0.05, 0) is 50.4 Å². The second-order valence-electron chi connectivity index (χ2n) is 11.6. The van der Waals surface area contributed by atoms with Gasteiger partial charge in [-0.25, -0.2) is 9.18 Å². The van der Waals surface area contributed by atoms with Crippen LogP contribution in [0.15, 0.2) is 18.2 Å². The van der Waals surface area contributed by atoms with Crippen LogP contribution < -0.4 is 4.74 Å². The van der Waals surface area contributed by atoms with E-state index in [9.17, 15) is 4.79 Å². The van der Waals surface area contributed by atoms with Crippen LogP contribution in [0.1, 0.15) is 69.3 Å². The number of rotatable bonds is 7. The van der Waals surface area contributed by atoms with Crippen molar-refractivity contribution in [3.05, 3.63) is 35.2 Å². The van der Waals surface area contributed by atoms with E-state index in [1.165, 1.54) is 6.07 Å². The molecule has 36 heavy (non-hydrogen) atoms. The highest BCUT2D eigenvalue weighted by Crippen LogP contribution is 2.45. The third kappa shape index (κ3) is 5.72. The fraction of sp³-hybridized carbons (Fsp3) is 0.679. The number of halogens is 1. The maximum atomic E-state index is 15.4. The number of benzene rings is 1. The summed E-state index contributed by atoms with van der Waals surface area (Å²) in [7, 11) is -1.99. The summed E-state index contributed by atoms with van der Waals surface area (Å²) in [6, 6.07) is 3.18. The molecule has 8 heteroatoms. The maximum Gasteiger partial charge on any atom is 0.341 e. The second-order valence-corrected chi connectivity index (χ2v) is 16.4. The van der Waals surface area contributed by atoms with E-state index in [0.717, 1.165) is 19.3 Å². The summed E-state index contributed by atoms with van der Waals surface area (Å²) in [4.78, 5) is 12.3. The van der Waals surface area contributed by atoms with E-state index in [2.05, 4.69) is 39.9 Å². The molecule has 4 rings (SSSR count). The number of fused-ring (bicyclic) bond motifs is 2. The quantitative estimate of drug-likeness (QED) is 0.309. The van der Waals surface area contributed by atoms with Crippen LogP contribution in [0.2, 0.25) is 18.1 Å². The van der Waals surface area contributed by atoms with Crippen LogP contribution in [0, 0.1) is 17.7 Å². The number of carbonyl (C=O) groups excluding carboxylic acids is 1. The van der Waals surface area contributed by atoms with Crippen molar-refractivity contribution in [2.75, 3.05) is 19.8 Å². The van der Waals surface area contributed by atoms with Crippen LogP contribution in [0.4, 0.5) is 4.39 Å². The molecule has 6 nitrogen and oxygen atoms in total. The minimum absolute atomic E-state index is 0.0128. The SMILES string of the molecule is CCOC(=O)c1ccc2c(c1F)O[C@H]1C[C@@H](OC3CCCCO3)[C@H](CO[Si](C)(C)C(C)(C)C)[C@H]1C=C2. The van der Waals surface area contributed by atoms with E-state index in [1.807, 2.05) is 6.08 Å². The molecule has 0 spiro atoms. The van der Waals surface area contributed by atoms with Crippen molar-refractivity contribution in [1.82, 2.24) is 0 Å². The lowest BCUT2D eigenvalue weighted by atomic mass is 9.93. The molecule has 1 unspecified atom stereocenters. The van der Waals surface area contributed by atoms with Gasteiger partial charge in [-0.3, -0.25) is 0 Å². The summed E-state index contributed by atoms with van der Waals surface area (Å²) in [6.07, 6.45) is 6.96. The molecule has 200 valence electrons. The van der Waals surface area contributed by atoms with E-state index in [-0.39, 0.29) is 53.3 Å². The van der Waals surface area contributed by atoms with Crippen LogP contribution in [-0.4, -0.2) is 52.6 Å². The van der Waals surface area contributed by atoms with Crippen molar-refractivity contribution in [2.24, 2.45) is 11.8 Å². The van der Waals surface area contributed by atoms with Crippen molar-refractivity contribution in [2.45, 2.75) is 90.0 Å². The molecule has 0 N–H and O–H groups in total. The monoisotopic (exact) mass is 520 g/mol. The van der Waals surface area contributed by atoms with Crippen molar-refractivity contribution >= 4 is 20.4 Å². The molecule has 0 bridgehead atoms. The molecular formula is C28H41FO6Si. The molecular weight excluding hydrogens is 479 g/mol. The molecule has 0 amide bonds. The summed E-state index contributed by atoms with van der Waals surface area (Å²) in [6.45, 7) is 14.3. The standard InChI is InChI=1S/C28H41FO6Si/c1-7-31-27(30)20-14-12-18-11-13-19-21(17-33-36(5,6)28(2,3)4)23(34-24-10-8-9-15-32-24)16-22(19)35-26(18)25(20)29/h11-14,19,21-24H,7-10,15-17H2,1-6H3/t19-,21-,22+,23-,24?/m1/s1. The summed E-state index contributed by atoms with van der Waals surface area (Å²) in [5.74, 6) is -1.23. The first-order chi connectivity index (χ1) is 17.0. The Kier molecular flexibility index (Phi) is 8.29. The highest BCUT2D eigenvalue weighted by molar-refractivity contribution is 6.74.